The van der Waals surface area contributed by atoms with E-state index in [4.69, 9.17) is 9.52 Å². The number of Topliss-reactive ketones (excluding diaryl/α,β-unsaturated/α-hetero) is 1. The molecule has 0 bridgehead atoms. The highest BCUT2D eigenvalue weighted by atomic mass is 16.4. The summed E-state index contributed by atoms with van der Waals surface area (Å²) in [5.41, 5.74) is 0.663. The van der Waals surface area contributed by atoms with Crippen molar-refractivity contribution >= 4 is 29.5 Å². The number of benzene rings is 1. The van der Waals surface area contributed by atoms with Crippen molar-refractivity contribution in [1.29, 1.82) is 0 Å². The largest absolute Gasteiger partial charge is 0.481 e. The first-order valence-corrected chi connectivity index (χ1v) is 14.0. The normalized spacial score (nSPS) is 16.4. The second kappa shape index (κ2) is 14.5. The van der Waals surface area contributed by atoms with Gasteiger partial charge in [0, 0.05) is 24.9 Å². The molecule has 3 N–H and O–H groups in total. The van der Waals surface area contributed by atoms with Crippen molar-refractivity contribution < 1.29 is 33.5 Å². The lowest BCUT2D eigenvalue weighted by Crippen LogP contribution is -2.57. The lowest BCUT2D eigenvalue weighted by Gasteiger charge is -2.31. The van der Waals surface area contributed by atoms with Gasteiger partial charge < -0.3 is 25.1 Å². The van der Waals surface area contributed by atoms with Crippen LogP contribution >= 0.6 is 0 Å². The molecule has 0 aliphatic carbocycles. The number of nitrogens with zero attached hydrogens (tertiary/aromatic N) is 3. The van der Waals surface area contributed by atoms with Crippen molar-refractivity contribution in [2.45, 2.75) is 84.3 Å². The smallest absolute Gasteiger partial charge is 0.303 e. The molecule has 2 aromatic rings. The van der Waals surface area contributed by atoms with Gasteiger partial charge in [-0.2, -0.15) is 0 Å². The third-order valence-corrected chi connectivity index (χ3v) is 7.04. The van der Waals surface area contributed by atoms with E-state index in [1.807, 2.05) is 18.2 Å². The molecule has 1 aromatic carbocycles. The minimum Gasteiger partial charge on any atom is -0.481 e. The average molecular weight is 570 g/mol. The van der Waals surface area contributed by atoms with Crippen LogP contribution in [0.2, 0.25) is 0 Å². The summed E-state index contributed by atoms with van der Waals surface area (Å²) in [6, 6.07) is 6.43. The quantitative estimate of drug-likeness (QED) is 0.228. The highest BCUT2D eigenvalue weighted by Crippen LogP contribution is 2.23. The van der Waals surface area contributed by atoms with Crippen molar-refractivity contribution in [3.63, 3.8) is 0 Å². The van der Waals surface area contributed by atoms with Gasteiger partial charge in [-0.15, -0.1) is 10.2 Å². The maximum Gasteiger partial charge on any atom is 0.303 e. The van der Waals surface area contributed by atoms with Gasteiger partial charge in [-0.1, -0.05) is 45.9 Å². The number of carboxylic acids is 1. The number of aromatic nitrogens is 2. The van der Waals surface area contributed by atoms with Gasteiger partial charge >= 0.3 is 5.97 Å². The molecule has 3 atom stereocenters. The summed E-state index contributed by atoms with van der Waals surface area (Å²) in [5, 5.41) is 22.2. The van der Waals surface area contributed by atoms with Crippen molar-refractivity contribution in [3.8, 4) is 11.5 Å². The zero-order valence-electron chi connectivity index (χ0n) is 24.0. The number of carbonyl (C=O) groups is 5. The molecule has 12 nitrogen and oxygen atoms in total. The van der Waals surface area contributed by atoms with E-state index in [2.05, 4.69) is 20.8 Å². The predicted molar refractivity (Wildman–Crippen MR) is 148 cm³/mol. The fourth-order valence-corrected chi connectivity index (χ4v) is 4.74. The number of hydrogen-bond acceptors (Lipinski definition) is 8. The van der Waals surface area contributed by atoms with Gasteiger partial charge in [-0.25, -0.2) is 0 Å². The minimum absolute atomic E-state index is 0.0229. The van der Waals surface area contributed by atoms with E-state index in [0.29, 0.717) is 37.8 Å². The Balaban J connectivity index is 1.66. The van der Waals surface area contributed by atoms with Crippen LogP contribution in [-0.4, -0.2) is 74.3 Å². The Hall–Kier alpha value is -4.09. The molecule has 1 saturated heterocycles. The summed E-state index contributed by atoms with van der Waals surface area (Å²) in [7, 11) is 0. The lowest BCUT2D eigenvalue weighted by molar-refractivity contribution is -0.142. The number of unbranched alkanes of at least 4 members (excludes halogenated alkanes) is 1. The van der Waals surface area contributed by atoms with Crippen LogP contribution in [0.5, 0.6) is 0 Å². The third-order valence-electron chi connectivity index (χ3n) is 7.04. The number of carbonyl (C=O) groups excluding carboxylic acids is 4. The van der Waals surface area contributed by atoms with Gasteiger partial charge in [-0.3, -0.25) is 24.0 Å². The summed E-state index contributed by atoms with van der Waals surface area (Å²) in [6.07, 6.45) is 1.86. The van der Waals surface area contributed by atoms with E-state index in [0.717, 1.165) is 0 Å². The average Bonchev–Trinajstić information content (AvgIpc) is 3.63. The van der Waals surface area contributed by atoms with Crippen LogP contribution in [0, 0.1) is 11.8 Å². The molecule has 41 heavy (non-hydrogen) atoms. The molecule has 2 heterocycles. The standard InChI is InChI=1S/C29H39N5O7/c1-17(2)23(25(38)28-33-32-27(41-28)19-11-6-5-7-12-19)31-26(39)20-13-10-16-34(20)29(40)24(18(3)4)30-21(35)14-8-9-15-22(36)37/h5-7,11-12,17-18,20,23-24H,8-10,13-16H2,1-4H3,(H,30,35)(H,31,39)(H,36,37)/t20-,23?,24?/m0/s1. The van der Waals surface area contributed by atoms with Gasteiger partial charge in [0.05, 0.1) is 6.04 Å². The second-order valence-electron chi connectivity index (χ2n) is 11.0. The summed E-state index contributed by atoms with van der Waals surface area (Å²) in [5.74, 6) is -3.18. The Labute approximate surface area is 239 Å². The van der Waals surface area contributed by atoms with E-state index in [1.54, 1.807) is 39.8 Å². The fraction of sp³-hybridized carbons (Fsp3) is 0.552. The minimum atomic E-state index is -0.949. The molecular formula is C29H39N5O7. The maximum atomic E-state index is 13.5. The Kier molecular flexibility index (Phi) is 11.1. The first-order valence-electron chi connectivity index (χ1n) is 14.0. The van der Waals surface area contributed by atoms with Crippen LogP contribution in [0.25, 0.3) is 11.5 Å². The van der Waals surface area contributed by atoms with E-state index in [1.165, 1.54) is 4.90 Å². The Morgan fingerprint density at radius 2 is 1.61 bits per heavy atom. The van der Waals surface area contributed by atoms with Crippen LogP contribution in [0.1, 0.15) is 76.9 Å². The first kappa shape index (κ1) is 31.4. The molecule has 1 aromatic heterocycles. The van der Waals surface area contributed by atoms with Crippen molar-refractivity contribution in [1.82, 2.24) is 25.7 Å². The Morgan fingerprint density at radius 1 is 0.951 bits per heavy atom. The highest BCUT2D eigenvalue weighted by molar-refractivity contribution is 6.00. The summed E-state index contributed by atoms with van der Waals surface area (Å²) in [4.78, 5) is 64.9. The lowest BCUT2D eigenvalue weighted by atomic mass is 9.98. The molecule has 1 fully saturated rings. The van der Waals surface area contributed by atoms with E-state index in [9.17, 15) is 24.0 Å². The molecule has 3 amide bonds. The summed E-state index contributed by atoms with van der Waals surface area (Å²) in [6.45, 7) is 7.53. The molecule has 222 valence electrons. The van der Waals surface area contributed by atoms with Gasteiger partial charge in [-0.05, 0) is 49.7 Å². The van der Waals surface area contributed by atoms with Gasteiger partial charge in [0.15, 0.2) is 0 Å². The summed E-state index contributed by atoms with van der Waals surface area (Å²) >= 11 is 0. The van der Waals surface area contributed by atoms with Crippen LogP contribution in [0.15, 0.2) is 34.7 Å². The molecule has 0 saturated carbocycles. The van der Waals surface area contributed by atoms with E-state index >= 15 is 0 Å². The van der Waals surface area contributed by atoms with Crippen LogP contribution in [0.3, 0.4) is 0 Å². The number of amides is 3. The maximum absolute atomic E-state index is 13.5. The monoisotopic (exact) mass is 569 g/mol. The first-order chi connectivity index (χ1) is 19.5. The number of hydrogen-bond donors (Lipinski definition) is 3. The predicted octanol–water partition coefficient (Wildman–Crippen LogP) is 2.84. The van der Waals surface area contributed by atoms with Crippen LogP contribution < -0.4 is 10.6 Å². The molecular weight excluding hydrogens is 530 g/mol. The van der Waals surface area contributed by atoms with Crippen LogP contribution in [-0.2, 0) is 19.2 Å². The highest BCUT2D eigenvalue weighted by Gasteiger charge is 2.40. The SMILES string of the molecule is CC(C)C(NC(=O)[C@@H]1CCCN1C(=O)C(NC(=O)CCCCC(=O)O)C(C)C)C(=O)c1nnc(-c2ccccc2)o1. The number of nitrogens with one attached hydrogen (secondary N) is 2. The van der Waals surface area contributed by atoms with E-state index in [-0.39, 0.29) is 48.3 Å². The number of aliphatic carboxylic acids is 1. The fourth-order valence-electron chi connectivity index (χ4n) is 4.74. The van der Waals surface area contributed by atoms with E-state index < -0.39 is 35.8 Å². The zero-order valence-corrected chi connectivity index (χ0v) is 24.0. The van der Waals surface area contributed by atoms with Crippen molar-refractivity contribution in [2.75, 3.05) is 6.54 Å². The summed E-state index contributed by atoms with van der Waals surface area (Å²) < 4.78 is 5.61. The number of ketones is 1. The molecule has 2 unspecified atom stereocenters. The zero-order chi connectivity index (χ0) is 30.1. The molecule has 0 radical (unpaired) electrons. The molecule has 1 aliphatic heterocycles. The van der Waals surface area contributed by atoms with Crippen molar-refractivity contribution in [3.05, 3.63) is 36.2 Å². The molecule has 3 rings (SSSR count). The molecule has 12 heteroatoms. The number of rotatable bonds is 14. The van der Waals surface area contributed by atoms with Gasteiger partial charge in [0.2, 0.25) is 29.4 Å². The van der Waals surface area contributed by atoms with Crippen molar-refractivity contribution in [2.24, 2.45) is 11.8 Å². The Bertz CT molecular complexity index is 1230. The van der Waals surface area contributed by atoms with Gasteiger partial charge in [0.1, 0.15) is 12.1 Å². The van der Waals surface area contributed by atoms with Crippen LogP contribution in [0.4, 0.5) is 0 Å². The topological polar surface area (TPSA) is 172 Å². The number of likely N-dealkylation sites (tertiary alicyclic amines) is 1. The Morgan fingerprint density at radius 3 is 2.24 bits per heavy atom. The molecule has 0 spiro atoms. The second-order valence-corrected chi connectivity index (χ2v) is 11.0. The number of carboxylic acid groups (broad SMARTS) is 1. The third kappa shape index (κ3) is 8.45. The molecule has 1 aliphatic rings. The van der Waals surface area contributed by atoms with Gasteiger partial charge in [0.25, 0.3) is 5.89 Å².